The Morgan fingerprint density at radius 2 is 1.76 bits per heavy atom. The number of piperidine rings is 1. The molecule has 0 N–H and O–H groups in total. The topological polar surface area (TPSA) is 46.1 Å². The highest BCUT2D eigenvalue weighted by Crippen LogP contribution is 2.37. The molecule has 1 aliphatic carbocycles. The van der Waals surface area contributed by atoms with Gasteiger partial charge in [0.15, 0.2) is 0 Å². The SMILES string of the molecule is C[C@H]1CCCCN1C(=O)Cc1ccc(-c2cnc(C3CC3)nc2)cc1. The minimum atomic E-state index is 0.247. The first-order valence-corrected chi connectivity index (χ1v) is 9.41. The second kappa shape index (κ2) is 6.95. The Labute approximate surface area is 149 Å². The smallest absolute Gasteiger partial charge is 0.227 e. The van der Waals surface area contributed by atoms with Gasteiger partial charge in [-0.15, -0.1) is 0 Å². The second-order valence-electron chi connectivity index (χ2n) is 7.41. The van der Waals surface area contributed by atoms with Crippen molar-refractivity contribution in [2.45, 2.75) is 57.4 Å². The Hall–Kier alpha value is -2.23. The average Bonchev–Trinajstić information content (AvgIpc) is 3.48. The summed E-state index contributed by atoms with van der Waals surface area (Å²) in [5.41, 5.74) is 3.21. The van der Waals surface area contributed by atoms with E-state index in [1.165, 1.54) is 19.3 Å². The molecule has 0 bridgehead atoms. The molecular weight excluding hydrogens is 310 g/mol. The van der Waals surface area contributed by atoms with Crippen LogP contribution in [-0.4, -0.2) is 33.4 Å². The lowest BCUT2D eigenvalue weighted by Crippen LogP contribution is -2.42. The van der Waals surface area contributed by atoms with E-state index >= 15 is 0 Å². The number of aromatic nitrogens is 2. The molecule has 0 radical (unpaired) electrons. The van der Waals surface area contributed by atoms with Gasteiger partial charge in [-0.1, -0.05) is 24.3 Å². The molecule has 1 amide bonds. The molecule has 2 aliphatic rings. The molecule has 1 aromatic heterocycles. The van der Waals surface area contributed by atoms with Gasteiger partial charge in [0.25, 0.3) is 0 Å². The van der Waals surface area contributed by atoms with Crippen LogP contribution in [0.15, 0.2) is 36.7 Å². The molecule has 0 unspecified atom stereocenters. The highest BCUT2D eigenvalue weighted by Gasteiger charge is 2.26. The molecule has 1 atom stereocenters. The van der Waals surface area contributed by atoms with E-state index in [9.17, 15) is 4.79 Å². The normalized spacial score (nSPS) is 20.5. The van der Waals surface area contributed by atoms with E-state index < -0.39 is 0 Å². The summed E-state index contributed by atoms with van der Waals surface area (Å²) in [5.74, 6) is 1.80. The first-order chi connectivity index (χ1) is 12.2. The summed E-state index contributed by atoms with van der Waals surface area (Å²) in [6.45, 7) is 3.06. The first kappa shape index (κ1) is 16.2. The Bertz CT molecular complexity index is 735. The fraction of sp³-hybridized carbons (Fsp3) is 0.476. The molecule has 1 aromatic carbocycles. The number of amides is 1. The standard InChI is InChI=1S/C21H25N3O/c1-15-4-2-3-11-24(15)20(25)12-16-5-7-17(8-6-16)19-13-22-21(23-14-19)18-9-10-18/h5-8,13-15,18H,2-4,9-12H2,1H3/t15-/m0/s1. The van der Waals surface area contributed by atoms with E-state index in [-0.39, 0.29) is 5.91 Å². The van der Waals surface area contributed by atoms with Crippen LogP contribution in [0, 0.1) is 0 Å². The third-order valence-electron chi connectivity index (χ3n) is 5.38. The van der Waals surface area contributed by atoms with Crippen LogP contribution in [0.1, 0.15) is 56.3 Å². The molecule has 4 rings (SSSR count). The molecule has 2 heterocycles. The van der Waals surface area contributed by atoms with Crippen molar-refractivity contribution < 1.29 is 4.79 Å². The van der Waals surface area contributed by atoms with Crippen molar-refractivity contribution in [2.75, 3.05) is 6.54 Å². The quantitative estimate of drug-likeness (QED) is 0.849. The largest absolute Gasteiger partial charge is 0.340 e. The second-order valence-corrected chi connectivity index (χ2v) is 7.41. The zero-order valence-electron chi connectivity index (χ0n) is 14.8. The van der Waals surface area contributed by atoms with Crippen LogP contribution >= 0.6 is 0 Å². The molecule has 2 fully saturated rings. The minimum absolute atomic E-state index is 0.247. The van der Waals surface area contributed by atoms with E-state index in [1.807, 2.05) is 17.3 Å². The van der Waals surface area contributed by atoms with Crippen LogP contribution in [0.3, 0.4) is 0 Å². The molecule has 25 heavy (non-hydrogen) atoms. The van der Waals surface area contributed by atoms with Gasteiger partial charge in [-0.2, -0.15) is 0 Å². The van der Waals surface area contributed by atoms with Crippen molar-refractivity contribution in [2.24, 2.45) is 0 Å². The summed E-state index contributed by atoms with van der Waals surface area (Å²) in [5, 5.41) is 0. The molecule has 130 valence electrons. The molecule has 2 aromatic rings. The van der Waals surface area contributed by atoms with Crippen molar-refractivity contribution in [3.8, 4) is 11.1 Å². The number of carbonyl (C=O) groups excluding carboxylic acids is 1. The summed E-state index contributed by atoms with van der Waals surface area (Å²) < 4.78 is 0. The number of rotatable bonds is 4. The van der Waals surface area contributed by atoms with Gasteiger partial charge < -0.3 is 4.90 Å². The van der Waals surface area contributed by atoms with Crippen LogP contribution in [0.25, 0.3) is 11.1 Å². The van der Waals surface area contributed by atoms with E-state index in [4.69, 9.17) is 0 Å². The van der Waals surface area contributed by atoms with E-state index in [1.54, 1.807) is 0 Å². The summed E-state index contributed by atoms with van der Waals surface area (Å²) in [6, 6.07) is 8.62. The zero-order valence-corrected chi connectivity index (χ0v) is 14.8. The van der Waals surface area contributed by atoms with Crippen LogP contribution in [-0.2, 0) is 11.2 Å². The Balaban J connectivity index is 1.41. The van der Waals surface area contributed by atoms with E-state index in [0.29, 0.717) is 18.4 Å². The highest BCUT2D eigenvalue weighted by molar-refractivity contribution is 5.79. The lowest BCUT2D eigenvalue weighted by Gasteiger charge is -2.33. The molecule has 4 heteroatoms. The van der Waals surface area contributed by atoms with Gasteiger partial charge in [0, 0.05) is 36.5 Å². The maximum absolute atomic E-state index is 12.5. The first-order valence-electron chi connectivity index (χ1n) is 9.41. The minimum Gasteiger partial charge on any atom is -0.340 e. The number of nitrogens with zero attached hydrogens (tertiary/aromatic N) is 3. The number of hydrogen-bond acceptors (Lipinski definition) is 3. The van der Waals surface area contributed by atoms with Gasteiger partial charge in [0.05, 0.1) is 6.42 Å². The van der Waals surface area contributed by atoms with Gasteiger partial charge in [-0.05, 0) is 50.2 Å². The molecule has 1 saturated heterocycles. The maximum Gasteiger partial charge on any atom is 0.227 e. The van der Waals surface area contributed by atoms with Gasteiger partial charge in [0.2, 0.25) is 5.91 Å². The summed E-state index contributed by atoms with van der Waals surface area (Å²) in [4.78, 5) is 23.6. The van der Waals surface area contributed by atoms with Gasteiger partial charge in [0.1, 0.15) is 5.82 Å². The molecule has 1 aliphatic heterocycles. The molecule has 4 nitrogen and oxygen atoms in total. The molecular formula is C21H25N3O. The predicted octanol–water partition coefficient (Wildman–Crippen LogP) is 3.96. The van der Waals surface area contributed by atoms with Crippen molar-refractivity contribution in [1.82, 2.24) is 14.9 Å². The Kier molecular flexibility index (Phi) is 4.51. The lowest BCUT2D eigenvalue weighted by atomic mass is 10.0. The Morgan fingerprint density at radius 3 is 2.40 bits per heavy atom. The Morgan fingerprint density at radius 1 is 1.04 bits per heavy atom. The maximum atomic E-state index is 12.5. The fourth-order valence-corrected chi connectivity index (χ4v) is 3.60. The lowest BCUT2D eigenvalue weighted by molar-refractivity contribution is -0.133. The fourth-order valence-electron chi connectivity index (χ4n) is 3.60. The van der Waals surface area contributed by atoms with Crippen LogP contribution in [0.5, 0.6) is 0 Å². The van der Waals surface area contributed by atoms with E-state index in [2.05, 4.69) is 41.2 Å². The number of benzene rings is 1. The van der Waals surface area contributed by atoms with Crippen molar-refractivity contribution in [1.29, 1.82) is 0 Å². The number of carbonyl (C=O) groups is 1. The third kappa shape index (κ3) is 3.73. The van der Waals surface area contributed by atoms with E-state index in [0.717, 1.165) is 41.9 Å². The average molecular weight is 335 g/mol. The third-order valence-corrected chi connectivity index (χ3v) is 5.38. The van der Waals surface area contributed by atoms with Crippen LogP contribution < -0.4 is 0 Å². The molecule has 0 spiro atoms. The van der Waals surface area contributed by atoms with Crippen LogP contribution in [0.4, 0.5) is 0 Å². The van der Waals surface area contributed by atoms with Gasteiger partial charge in [-0.3, -0.25) is 4.79 Å². The predicted molar refractivity (Wildman–Crippen MR) is 98.2 cm³/mol. The summed E-state index contributed by atoms with van der Waals surface area (Å²) in [7, 11) is 0. The van der Waals surface area contributed by atoms with Crippen molar-refractivity contribution in [3.05, 3.63) is 48.0 Å². The summed E-state index contributed by atoms with van der Waals surface area (Å²) >= 11 is 0. The summed E-state index contributed by atoms with van der Waals surface area (Å²) in [6.07, 6.45) is 10.2. The van der Waals surface area contributed by atoms with Gasteiger partial charge in [-0.25, -0.2) is 9.97 Å². The van der Waals surface area contributed by atoms with Gasteiger partial charge >= 0.3 is 0 Å². The monoisotopic (exact) mass is 335 g/mol. The number of likely N-dealkylation sites (tertiary alicyclic amines) is 1. The highest BCUT2D eigenvalue weighted by atomic mass is 16.2. The van der Waals surface area contributed by atoms with Crippen molar-refractivity contribution in [3.63, 3.8) is 0 Å². The van der Waals surface area contributed by atoms with Crippen molar-refractivity contribution >= 4 is 5.91 Å². The zero-order chi connectivity index (χ0) is 17.2. The molecule has 1 saturated carbocycles. The van der Waals surface area contributed by atoms with Crippen LogP contribution in [0.2, 0.25) is 0 Å². The number of hydrogen-bond donors (Lipinski definition) is 0.